The summed E-state index contributed by atoms with van der Waals surface area (Å²) >= 11 is 1.86. The van der Waals surface area contributed by atoms with Gasteiger partial charge in [0.2, 0.25) is 0 Å². The fraction of sp³-hybridized carbons (Fsp3) is 0.294. The van der Waals surface area contributed by atoms with E-state index in [0.717, 1.165) is 22.8 Å². The lowest BCUT2D eigenvalue weighted by atomic mass is 9.88. The summed E-state index contributed by atoms with van der Waals surface area (Å²) in [4.78, 5) is 1.33. The lowest BCUT2D eigenvalue weighted by Crippen LogP contribution is -2.21. The van der Waals surface area contributed by atoms with Crippen LogP contribution in [-0.4, -0.2) is 20.0 Å². The Morgan fingerprint density at radius 2 is 1.71 bits per heavy atom. The van der Waals surface area contributed by atoms with Crippen LogP contribution in [0.15, 0.2) is 47.4 Å². The summed E-state index contributed by atoms with van der Waals surface area (Å²) in [6, 6.07) is 14.1. The van der Waals surface area contributed by atoms with Crippen molar-refractivity contribution in [1.82, 2.24) is 0 Å². The van der Waals surface area contributed by atoms with Crippen molar-refractivity contribution in [2.45, 2.75) is 16.9 Å². The molecule has 1 aliphatic heterocycles. The molecular formula is C17H19NO2S. The van der Waals surface area contributed by atoms with Crippen molar-refractivity contribution in [3.63, 3.8) is 0 Å². The van der Waals surface area contributed by atoms with Gasteiger partial charge in [0.05, 0.1) is 19.8 Å². The van der Waals surface area contributed by atoms with Crippen molar-refractivity contribution in [2.75, 3.05) is 20.0 Å². The van der Waals surface area contributed by atoms with Gasteiger partial charge >= 0.3 is 0 Å². The summed E-state index contributed by atoms with van der Waals surface area (Å²) in [5.41, 5.74) is 8.87. The maximum Gasteiger partial charge on any atom is 0.127 e. The molecule has 3 rings (SSSR count). The predicted octanol–water partition coefficient (Wildman–Crippen LogP) is 3.59. The monoisotopic (exact) mass is 301 g/mol. The average molecular weight is 301 g/mol. The van der Waals surface area contributed by atoms with E-state index in [1.54, 1.807) is 14.2 Å². The Balaban J connectivity index is 2.02. The summed E-state index contributed by atoms with van der Waals surface area (Å²) in [7, 11) is 3.34. The fourth-order valence-corrected chi connectivity index (χ4v) is 4.20. The number of rotatable bonds is 4. The Kier molecular flexibility index (Phi) is 4.08. The van der Waals surface area contributed by atoms with E-state index in [0.29, 0.717) is 0 Å². The van der Waals surface area contributed by atoms with Crippen LogP contribution < -0.4 is 15.2 Å². The molecule has 0 saturated carbocycles. The molecule has 0 aliphatic carbocycles. The first-order valence-corrected chi connectivity index (χ1v) is 7.93. The highest BCUT2D eigenvalue weighted by Crippen LogP contribution is 2.47. The van der Waals surface area contributed by atoms with E-state index >= 15 is 0 Å². The zero-order chi connectivity index (χ0) is 14.8. The van der Waals surface area contributed by atoms with E-state index in [4.69, 9.17) is 15.2 Å². The lowest BCUT2D eigenvalue weighted by Gasteiger charge is -2.24. The Morgan fingerprint density at radius 1 is 1.05 bits per heavy atom. The first kappa shape index (κ1) is 14.3. The molecule has 2 atom stereocenters. The Morgan fingerprint density at radius 3 is 2.38 bits per heavy atom. The van der Waals surface area contributed by atoms with Crippen LogP contribution in [0.5, 0.6) is 11.5 Å². The van der Waals surface area contributed by atoms with Gasteiger partial charge in [0.25, 0.3) is 0 Å². The largest absolute Gasteiger partial charge is 0.496 e. The molecule has 2 aromatic rings. The van der Waals surface area contributed by atoms with Crippen molar-refractivity contribution < 1.29 is 9.47 Å². The molecule has 0 fully saturated rings. The highest BCUT2D eigenvalue weighted by atomic mass is 32.2. The smallest absolute Gasteiger partial charge is 0.127 e. The number of hydrogen-bond donors (Lipinski definition) is 1. The maximum absolute atomic E-state index is 6.59. The van der Waals surface area contributed by atoms with E-state index in [1.807, 2.05) is 30.0 Å². The van der Waals surface area contributed by atoms with Crippen molar-refractivity contribution >= 4 is 11.8 Å². The quantitative estimate of drug-likeness (QED) is 0.937. The number of fused-ring (bicyclic) bond motifs is 1. The third-order valence-corrected chi connectivity index (χ3v) is 5.18. The standard InChI is InChI=1S/C17H19NO2S/c1-19-13-7-5-8-14(20-2)16(13)17(18)12-10-21-15-9-4-3-6-11(12)15/h3-9,12,17H,10,18H2,1-2H3. The highest BCUT2D eigenvalue weighted by Gasteiger charge is 2.32. The molecule has 3 nitrogen and oxygen atoms in total. The van der Waals surface area contributed by atoms with Crippen LogP contribution in [0.25, 0.3) is 0 Å². The third kappa shape index (κ3) is 2.49. The Hall–Kier alpha value is -1.65. The molecule has 0 saturated heterocycles. The van der Waals surface area contributed by atoms with Gasteiger partial charge in [0, 0.05) is 22.6 Å². The predicted molar refractivity (Wildman–Crippen MR) is 86.4 cm³/mol. The number of thioether (sulfide) groups is 1. The van der Waals surface area contributed by atoms with Crippen LogP contribution >= 0.6 is 11.8 Å². The molecular weight excluding hydrogens is 282 g/mol. The molecule has 21 heavy (non-hydrogen) atoms. The molecule has 1 heterocycles. The number of benzene rings is 2. The molecule has 2 aromatic carbocycles. The molecule has 110 valence electrons. The number of nitrogens with two attached hydrogens (primary N) is 1. The zero-order valence-corrected chi connectivity index (χ0v) is 13.0. The van der Waals surface area contributed by atoms with Gasteiger partial charge in [-0.25, -0.2) is 0 Å². The van der Waals surface area contributed by atoms with Crippen molar-refractivity contribution in [3.05, 3.63) is 53.6 Å². The molecule has 0 bridgehead atoms. The van der Waals surface area contributed by atoms with Gasteiger partial charge in [0.1, 0.15) is 11.5 Å². The van der Waals surface area contributed by atoms with E-state index in [2.05, 4.69) is 24.3 Å². The first-order valence-electron chi connectivity index (χ1n) is 6.94. The summed E-state index contributed by atoms with van der Waals surface area (Å²) in [6.07, 6.45) is 0. The second-order valence-corrected chi connectivity index (χ2v) is 6.12. The highest BCUT2D eigenvalue weighted by molar-refractivity contribution is 7.99. The zero-order valence-electron chi connectivity index (χ0n) is 12.2. The van der Waals surface area contributed by atoms with Gasteiger partial charge in [-0.1, -0.05) is 24.3 Å². The topological polar surface area (TPSA) is 44.5 Å². The third-order valence-electron chi connectivity index (χ3n) is 3.97. The molecule has 0 radical (unpaired) electrons. The van der Waals surface area contributed by atoms with Gasteiger partial charge in [-0.15, -0.1) is 11.8 Å². The number of hydrogen-bond acceptors (Lipinski definition) is 4. The van der Waals surface area contributed by atoms with E-state index in [1.165, 1.54) is 10.5 Å². The van der Waals surface area contributed by atoms with E-state index in [-0.39, 0.29) is 12.0 Å². The van der Waals surface area contributed by atoms with Crippen LogP contribution in [-0.2, 0) is 0 Å². The van der Waals surface area contributed by atoms with Gasteiger partial charge in [-0.2, -0.15) is 0 Å². The minimum absolute atomic E-state index is 0.146. The van der Waals surface area contributed by atoms with Gasteiger partial charge in [0.15, 0.2) is 0 Å². The van der Waals surface area contributed by atoms with Crippen molar-refractivity contribution in [1.29, 1.82) is 0 Å². The van der Waals surface area contributed by atoms with Crippen LogP contribution in [0, 0.1) is 0 Å². The molecule has 4 heteroatoms. The Bertz CT molecular complexity index is 622. The minimum atomic E-state index is -0.146. The lowest BCUT2D eigenvalue weighted by molar-refractivity contribution is 0.374. The summed E-state index contributed by atoms with van der Waals surface area (Å²) < 4.78 is 11.0. The van der Waals surface area contributed by atoms with E-state index in [9.17, 15) is 0 Å². The number of ether oxygens (including phenoxy) is 2. The molecule has 2 N–H and O–H groups in total. The SMILES string of the molecule is COc1cccc(OC)c1C(N)C1CSc2ccccc21. The fourth-order valence-electron chi connectivity index (χ4n) is 2.89. The maximum atomic E-state index is 6.59. The van der Waals surface area contributed by atoms with Crippen molar-refractivity contribution in [3.8, 4) is 11.5 Å². The molecule has 0 spiro atoms. The normalized spacial score (nSPS) is 18.1. The van der Waals surface area contributed by atoms with Crippen LogP contribution in [0.3, 0.4) is 0 Å². The van der Waals surface area contributed by atoms with Gasteiger partial charge in [-0.05, 0) is 23.8 Å². The van der Waals surface area contributed by atoms with Gasteiger partial charge in [-0.3, -0.25) is 0 Å². The van der Waals surface area contributed by atoms with E-state index < -0.39 is 0 Å². The summed E-state index contributed by atoms with van der Waals surface area (Å²) in [5.74, 6) is 2.84. The summed E-state index contributed by atoms with van der Waals surface area (Å²) in [6.45, 7) is 0. The summed E-state index contributed by atoms with van der Waals surface area (Å²) in [5, 5.41) is 0. The molecule has 0 aromatic heterocycles. The molecule has 2 unspecified atom stereocenters. The second-order valence-electron chi connectivity index (χ2n) is 5.06. The second kappa shape index (κ2) is 6.00. The van der Waals surface area contributed by atoms with Crippen LogP contribution in [0.2, 0.25) is 0 Å². The Labute approximate surface area is 129 Å². The van der Waals surface area contributed by atoms with Crippen LogP contribution in [0.1, 0.15) is 23.1 Å². The first-order chi connectivity index (χ1) is 10.3. The minimum Gasteiger partial charge on any atom is -0.496 e. The number of methoxy groups -OCH3 is 2. The van der Waals surface area contributed by atoms with Gasteiger partial charge < -0.3 is 15.2 Å². The van der Waals surface area contributed by atoms with Crippen LogP contribution in [0.4, 0.5) is 0 Å². The average Bonchev–Trinajstić information content (AvgIpc) is 2.97. The molecule has 0 amide bonds. The van der Waals surface area contributed by atoms with Crippen molar-refractivity contribution in [2.24, 2.45) is 5.73 Å². The molecule has 1 aliphatic rings.